The number of aromatic nitrogens is 1. The summed E-state index contributed by atoms with van der Waals surface area (Å²) in [6, 6.07) is 8.75. The number of carboxylic acids is 1. The SMILES string of the molecule is C[C@@H]1Cc2c([nH]c3ccccc23)[C@@H](c2c(F)cc(/C=C/C(=O)O)cc2F)N1CC1(CCC(F)(F)F)CCC1. The van der Waals surface area contributed by atoms with E-state index in [2.05, 4.69) is 4.98 Å². The van der Waals surface area contributed by atoms with Gasteiger partial charge >= 0.3 is 12.1 Å². The van der Waals surface area contributed by atoms with Crippen molar-refractivity contribution in [2.75, 3.05) is 6.54 Å². The van der Waals surface area contributed by atoms with Crippen LogP contribution < -0.4 is 0 Å². The minimum absolute atomic E-state index is 0.0180. The van der Waals surface area contributed by atoms with E-state index in [4.69, 9.17) is 5.11 Å². The van der Waals surface area contributed by atoms with E-state index in [0.29, 0.717) is 31.5 Å². The van der Waals surface area contributed by atoms with Crippen LogP contribution in [0.25, 0.3) is 17.0 Å². The Morgan fingerprint density at radius 2 is 1.87 bits per heavy atom. The Bertz CT molecular complexity index is 1370. The lowest BCUT2D eigenvalue weighted by Gasteiger charge is -2.50. The number of nitrogens with one attached hydrogen (secondary N) is 1. The summed E-state index contributed by atoms with van der Waals surface area (Å²) in [6.45, 7) is 2.25. The number of aromatic amines is 1. The predicted molar refractivity (Wildman–Crippen MR) is 135 cm³/mol. The molecule has 1 fully saturated rings. The summed E-state index contributed by atoms with van der Waals surface area (Å²) in [7, 11) is 0. The summed E-state index contributed by atoms with van der Waals surface area (Å²) in [6.07, 6.45) is -0.541. The Hall–Kier alpha value is -3.20. The van der Waals surface area contributed by atoms with Gasteiger partial charge in [-0.25, -0.2) is 13.6 Å². The molecule has 1 aliphatic carbocycles. The first kappa shape index (κ1) is 26.4. The zero-order chi connectivity index (χ0) is 27.2. The van der Waals surface area contributed by atoms with E-state index >= 15 is 8.78 Å². The minimum Gasteiger partial charge on any atom is -0.478 e. The molecule has 3 aromatic rings. The van der Waals surface area contributed by atoms with Gasteiger partial charge < -0.3 is 10.1 Å². The summed E-state index contributed by atoms with van der Waals surface area (Å²) in [5.41, 5.74) is 1.72. The number of H-pyrrole nitrogens is 1. The zero-order valence-electron chi connectivity index (χ0n) is 20.9. The van der Waals surface area contributed by atoms with Gasteiger partial charge in [-0.15, -0.1) is 0 Å². The van der Waals surface area contributed by atoms with E-state index in [1.165, 1.54) is 0 Å². The van der Waals surface area contributed by atoms with Gasteiger partial charge in [-0.05, 0) is 73.4 Å². The van der Waals surface area contributed by atoms with Crippen LogP contribution in [0.1, 0.15) is 67.5 Å². The molecule has 5 rings (SSSR count). The summed E-state index contributed by atoms with van der Waals surface area (Å²) in [5, 5.41) is 9.84. The normalized spacial score (nSPS) is 21.5. The molecule has 2 aromatic carbocycles. The third-order valence-electron chi connectivity index (χ3n) is 8.18. The average Bonchev–Trinajstić information content (AvgIpc) is 3.17. The molecule has 0 bridgehead atoms. The Labute approximate surface area is 217 Å². The molecule has 2 aliphatic rings. The van der Waals surface area contributed by atoms with Crippen LogP contribution in [-0.4, -0.2) is 39.7 Å². The molecule has 2 atom stereocenters. The number of nitrogens with zero attached hydrogens (tertiary/aromatic N) is 1. The molecule has 1 aromatic heterocycles. The summed E-state index contributed by atoms with van der Waals surface area (Å²) in [4.78, 5) is 16.2. The predicted octanol–water partition coefficient (Wildman–Crippen LogP) is 7.39. The molecular formula is C29H29F5N2O2. The number of hydrogen-bond acceptors (Lipinski definition) is 2. The average molecular weight is 533 g/mol. The van der Waals surface area contributed by atoms with Crippen LogP contribution in [0, 0.1) is 17.0 Å². The first-order chi connectivity index (χ1) is 18.0. The van der Waals surface area contributed by atoms with Crippen molar-refractivity contribution in [1.29, 1.82) is 0 Å². The highest BCUT2D eigenvalue weighted by atomic mass is 19.4. The summed E-state index contributed by atoms with van der Waals surface area (Å²) >= 11 is 0. The van der Waals surface area contributed by atoms with E-state index < -0.39 is 41.7 Å². The highest BCUT2D eigenvalue weighted by molar-refractivity contribution is 5.86. The van der Waals surface area contributed by atoms with Crippen LogP contribution >= 0.6 is 0 Å². The first-order valence-corrected chi connectivity index (χ1v) is 12.8. The number of halogens is 5. The first-order valence-electron chi connectivity index (χ1n) is 12.8. The van der Waals surface area contributed by atoms with Gasteiger partial charge in [0.1, 0.15) is 11.6 Å². The number of benzene rings is 2. The second-order valence-electron chi connectivity index (χ2n) is 10.7. The number of carbonyl (C=O) groups is 1. The zero-order valence-corrected chi connectivity index (χ0v) is 20.9. The van der Waals surface area contributed by atoms with Gasteiger partial charge in [0.2, 0.25) is 0 Å². The van der Waals surface area contributed by atoms with Gasteiger partial charge in [0, 0.05) is 47.2 Å². The van der Waals surface area contributed by atoms with Crippen molar-refractivity contribution in [3.05, 3.63) is 76.5 Å². The van der Waals surface area contributed by atoms with E-state index in [1.807, 2.05) is 36.1 Å². The number of aliphatic carboxylic acids is 1. The smallest absolute Gasteiger partial charge is 0.389 e. The second-order valence-corrected chi connectivity index (χ2v) is 10.7. The molecule has 1 saturated carbocycles. The number of para-hydroxylation sites is 1. The standard InChI is InChI=1S/C29H29F5N2O2/c1-17-13-20-19-5-2-3-6-23(19)35-26(20)27(25-21(30)14-18(15-22(25)31)7-8-24(37)38)36(17)16-28(9-4-10-28)11-12-29(32,33)34/h2-3,5-8,14-15,17,27,35H,4,9-13,16H2,1H3,(H,37,38)/b8-7+/t17-,27-/m1/s1. The van der Waals surface area contributed by atoms with Gasteiger partial charge in [-0.2, -0.15) is 13.2 Å². The summed E-state index contributed by atoms with van der Waals surface area (Å²) < 4.78 is 70.8. The van der Waals surface area contributed by atoms with Crippen molar-refractivity contribution >= 4 is 22.9 Å². The third-order valence-corrected chi connectivity index (χ3v) is 8.18. The van der Waals surface area contributed by atoms with Crippen molar-refractivity contribution in [2.45, 2.75) is 63.7 Å². The molecule has 9 heteroatoms. The fourth-order valence-electron chi connectivity index (χ4n) is 6.15. The van der Waals surface area contributed by atoms with Crippen molar-refractivity contribution in [3.63, 3.8) is 0 Å². The van der Waals surface area contributed by atoms with Gasteiger partial charge in [-0.1, -0.05) is 24.6 Å². The van der Waals surface area contributed by atoms with Gasteiger partial charge in [0.15, 0.2) is 0 Å². The lowest BCUT2D eigenvalue weighted by molar-refractivity contribution is -0.146. The molecule has 202 valence electrons. The largest absolute Gasteiger partial charge is 0.478 e. The molecule has 0 unspecified atom stereocenters. The number of hydrogen-bond donors (Lipinski definition) is 2. The van der Waals surface area contributed by atoms with Crippen LogP contribution in [0.3, 0.4) is 0 Å². The van der Waals surface area contributed by atoms with E-state index in [9.17, 15) is 18.0 Å². The van der Waals surface area contributed by atoms with Crippen LogP contribution in [0.4, 0.5) is 22.0 Å². The van der Waals surface area contributed by atoms with E-state index in [0.717, 1.165) is 47.2 Å². The fourth-order valence-corrected chi connectivity index (χ4v) is 6.15. The van der Waals surface area contributed by atoms with Crippen LogP contribution in [-0.2, 0) is 11.2 Å². The molecule has 0 saturated heterocycles. The maximum Gasteiger partial charge on any atom is 0.389 e. The van der Waals surface area contributed by atoms with E-state index in [1.54, 1.807) is 0 Å². The van der Waals surface area contributed by atoms with Crippen molar-refractivity contribution in [3.8, 4) is 0 Å². The molecule has 0 spiro atoms. The highest BCUT2D eigenvalue weighted by Gasteiger charge is 2.46. The monoisotopic (exact) mass is 532 g/mol. The minimum atomic E-state index is -4.27. The topological polar surface area (TPSA) is 56.3 Å². The molecule has 0 amide bonds. The molecule has 2 heterocycles. The lowest BCUT2D eigenvalue weighted by atomic mass is 9.65. The molecule has 38 heavy (non-hydrogen) atoms. The van der Waals surface area contributed by atoms with Crippen LogP contribution in [0.15, 0.2) is 42.5 Å². The molecule has 0 radical (unpaired) electrons. The highest BCUT2D eigenvalue weighted by Crippen LogP contribution is 2.51. The molecule has 1 aliphatic heterocycles. The van der Waals surface area contributed by atoms with Gasteiger partial charge in [0.05, 0.1) is 6.04 Å². The van der Waals surface area contributed by atoms with Crippen LogP contribution in [0.5, 0.6) is 0 Å². The maximum absolute atomic E-state index is 15.7. The number of rotatable bonds is 7. The van der Waals surface area contributed by atoms with Crippen LogP contribution in [0.2, 0.25) is 0 Å². The fraction of sp³-hybridized carbons (Fsp3) is 0.414. The van der Waals surface area contributed by atoms with E-state index in [-0.39, 0.29) is 23.6 Å². The lowest BCUT2D eigenvalue weighted by Crippen LogP contribution is -2.51. The van der Waals surface area contributed by atoms with Gasteiger partial charge in [0.25, 0.3) is 0 Å². The number of alkyl halides is 3. The molecular weight excluding hydrogens is 503 g/mol. The van der Waals surface area contributed by atoms with Crippen molar-refractivity contribution in [2.24, 2.45) is 5.41 Å². The number of carboxylic acid groups (broad SMARTS) is 1. The Balaban J connectivity index is 1.61. The number of fused-ring (bicyclic) bond motifs is 3. The second kappa shape index (κ2) is 9.84. The Morgan fingerprint density at radius 3 is 2.47 bits per heavy atom. The Morgan fingerprint density at radius 1 is 1.18 bits per heavy atom. The third kappa shape index (κ3) is 5.08. The molecule has 4 nitrogen and oxygen atoms in total. The summed E-state index contributed by atoms with van der Waals surface area (Å²) in [5.74, 6) is -2.90. The quantitative estimate of drug-likeness (QED) is 0.246. The van der Waals surface area contributed by atoms with Crippen molar-refractivity contribution < 1.29 is 31.9 Å². The molecule has 2 N–H and O–H groups in total. The van der Waals surface area contributed by atoms with Crippen molar-refractivity contribution in [1.82, 2.24) is 9.88 Å². The van der Waals surface area contributed by atoms with Gasteiger partial charge in [-0.3, -0.25) is 4.90 Å². The maximum atomic E-state index is 15.7. The Kier molecular flexibility index (Phi) is 6.84.